The van der Waals surface area contributed by atoms with E-state index in [9.17, 15) is 14.7 Å². The Bertz CT molecular complexity index is 1320. The lowest BCUT2D eigenvalue weighted by molar-refractivity contribution is -0.139. The molecule has 4 aromatic rings. The zero-order valence-corrected chi connectivity index (χ0v) is 21.6. The minimum atomic E-state index is -1.11. The molecule has 2 N–H and O–H groups in total. The number of rotatable bonds is 11. The number of hydrogen-bond donors (Lipinski definition) is 2. The fourth-order valence-electron chi connectivity index (χ4n) is 3.62. The van der Waals surface area contributed by atoms with Gasteiger partial charge >= 0.3 is 5.97 Å². The molecule has 0 aliphatic heterocycles. The highest BCUT2D eigenvalue weighted by Crippen LogP contribution is 2.20. The standard InChI is InChI=1S/C30H26BrNO5/c31-27-9-5-4-8-24(27)20-37-26-16-12-23(13-17-26)29(33)32-28(30(34)35)18-21-10-14-25(15-11-21)36-19-22-6-2-1-3-7-22/h1-17,28H,18-20H2,(H,32,33)(H,34,35). The third kappa shape index (κ3) is 7.69. The molecule has 4 rings (SSSR count). The van der Waals surface area contributed by atoms with Crippen LogP contribution < -0.4 is 14.8 Å². The molecule has 0 bridgehead atoms. The number of carbonyl (C=O) groups is 2. The third-order valence-corrected chi connectivity index (χ3v) is 6.46. The van der Waals surface area contributed by atoms with E-state index in [2.05, 4.69) is 21.2 Å². The maximum absolute atomic E-state index is 12.7. The van der Waals surface area contributed by atoms with Crippen LogP contribution in [0.4, 0.5) is 0 Å². The molecule has 0 saturated carbocycles. The highest BCUT2D eigenvalue weighted by molar-refractivity contribution is 9.10. The van der Waals surface area contributed by atoms with Gasteiger partial charge in [0.1, 0.15) is 30.8 Å². The van der Waals surface area contributed by atoms with Crippen LogP contribution in [-0.2, 0) is 24.4 Å². The van der Waals surface area contributed by atoms with Gasteiger partial charge in [0.2, 0.25) is 0 Å². The molecule has 0 aliphatic rings. The maximum atomic E-state index is 12.7. The molecule has 0 aliphatic carbocycles. The molecular formula is C30H26BrNO5. The lowest BCUT2D eigenvalue weighted by atomic mass is 10.1. The first-order chi connectivity index (χ1) is 18.0. The molecule has 1 atom stereocenters. The molecule has 0 spiro atoms. The lowest BCUT2D eigenvalue weighted by Gasteiger charge is -2.15. The molecule has 0 heterocycles. The van der Waals surface area contributed by atoms with E-state index >= 15 is 0 Å². The van der Waals surface area contributed by atoms with Crippen LogP contribution in [0.1, 0.15) is 27.0 Å². The Kier molecular flexibility index (Phi) is 8.94. The van der Waals surface area contributed by atoms with Crippen LogP contribution in [0.5, 0.6) is 11.5 Å². The van der Waals surface area contributed by atoms with Gasteiger partial charge in [-0.05, 0) is 53.6 Å². The second-order valence-corrected chi connectivity index (χ2v) is 9.25. The Labute approximate surface area is 224 Å². The van der Waals surface area contributed by atoms with Gasteiger partial charge in [-0.15, -0.1) is 0 Å². The van der Waals surface area contributed by atoms with Crippen LogP contribution >= 0.6 is 15.9 Å². The maximum Gasteiger partial charge on any atom is 0.326 e. The van der Waals surface area contributed by atoms with Crippen LogP contribution in [0, 0.1) is 0 Å². The zero-order valence-electron chi connectivity index (χ0n) is 20.0. The quantitative estimate of drug-likeness (QED) is 0.234. The van der Waals surface area contributed by atoms with Gasteiger partial charge in [0, 0.05) is 22.0 Å². The largest absolute Gasteiger partial charge is 0.489 e. The number of aliphatic carboxylic acids is 1. The number of halogens is 1. The normalized spacial score (nSPS) is 11.4. The first kappa shape index (κ1) is 26.0. The van der Waals surface area contributed by atoms with Gasteiger partial charge in [0.15, 0.2) is 0 Å². The van der Waals surface area contributed by atoms with E-state index in [0.29, 0.717) is 30.3 Å². The van der Waals surface area contributed by atoms with Crippen LogP contribution in [0.3, 0.4) is 0 Å². The Morgan fingerprint density at radius 2 is 1.32 bits per heavy atom. The second-order valence-electron chi connectivity index (χ2n) is 8.39. The molecule has 188 valence electrons. The lowest BCUT2D eigenvalue weighted by Crippen LogP contribution is -2.42. The number of carbonyl (C=O) groups excluding carboxylic acids is 1. The van der Waals surface area contributed by atoms with Crippen molar-refractivity contribution in [2.45, 2.75) is 25.7 Å². The number of ether oxygens (including phenoxy) is 2. The number of amides is 1. The van der Waals surface area contributed by atoms with E-state index in [1.807, 2.05) is 54.6 Å². The summed E-state index contributed by atoms with van der Waals surface area (Å²) < 4.78 is 12.5. The first-order valence-corrected chi connectivity index (χ1v) is 12.5. The van der Waals surface area contributed by atoms with Crippen molar-refractivity contribution in [2.24, 2.45) is 0 Å². The van der Waals surface area contributed by atoms with Crippen LogP contribution in [0.25, 0.3) is 0 Å². The van der Waals surface area contributed by atoms with E-state index in [1.165, 1.54) is 0 Å². The topological polar surface area (TPSA) is 84.9 Å². The van der Waals surface area contributed by atoms with Gasteiger partial charge in [0.25, 0.3) is 5.91 Å². The molecule has 0 fully saturated rings. The average molecular weight is 560 g/mol. The van der Waals surface area contributed by atoms with E-state index in [0.717, 1.165) is 21.2 Å². The van der Waals surface area contributed by atoms with Gasteiger partial charge in [0.05, 0.1) is 0 Å². The Hall–Kier alpha value is -4.10. The number of benzene rings is 4. The molecule has 4 aromatic carbocycles. The minimum absolute atomic E-state index is 0.146. The van der Waals surface area contributed by atoms with E-state index in [-0.39, 0.29) is 6.42 Å². The molecule has 1 amide bonds. The van der Waals surface area contributed by atoms with Crippen molar-refractivity contribution in [3.05, 3.63) is 130 Å². The fraction of sp³-hybridized carbons (Fsp3) is 0.133. The van der Waals surface area contributed by atoms with Crippen molar-refractivity contribution >= 4 is 27.8 Å². The monoisotopic (exact) mass is 559 g/mol. The van der Waals surface area contributed by atoms with Gasteiger partial charge in [-0.2, -0.15) is 0 Å². The second kappa shape index (κ2) is 12.7. The first-order valence-electron chi connectivity index (χ1n) is 11.7. The summed E-state index contributed by atoms with van der Waals surface area (Å²) in [6.07, 6.45) is 0.146. The van der Waals surface area contributed by atoms with Crippen molar-refractivity contribution in [3.8, 4) is 11.5 Å². The number of carboxylic acid groups (broad SMARTS) is 1. The van der Waals surface area contributed by atoms with Crippen LogP contribution in [-0.4, -0.2) is 23.0 Å². The van der Waals surface area contributed by atoms with E-state index in [1.54, 1.807) is 48.5 Å². The molecule has 7 heteroatoms. The molecule has 0 saturated heterocycles. The Balaban J connectivity index is 1.30. The zero-order chi connectivity index (χ0) is 26.0. The summed E-state index contributed by atoms with van der Waals surface area (Å²) in [4.78, 5) is 24.6. The van der Waals surface area contributed by atoms with E-state index < -0.39 is 17.9 Å². The Morgan fingerprint density at radius 3 is 1.97 bits per heavy atom. The molecule has 0 aromatic heterocycles. The predicted molar refractivity (Wildman–Crippen MR) is 145 cm³/mol. The van der Waals surface area contributed by atoms with Gasteiger partial charge in [-0.25, -0.2) is 4.79 Å². The van der Waals surface area contributed by atoms with Crippen molar-refractivity contribution in [1.29, 1.82) is 0 Å². The summed E-state index contributed by atoms with van der Waals surface area (Å²) in [6.45, 7) is 0.825. The summed E-state index contributed by atoms with van der Waals surface area (Å²) in [5.74, 6) is -0.277. The Morgan fingerprint density at radius 1 is 0.730 bits per heavy atom. The molecule has 6 nitrogen and oxygen atoms in total. The summed E-state index contributed by atoms with van der Waals surface area (Å²) in [5, 5.41) is 12.3. The van der Waals surface area contributed by atoms with Crippen molar-refractivity contribution < 1.29 is 24.2 Å². The van der Waals surface area contributed by atoms with Crippen LogP contribution in [0.2, 0.25) is 0 Å². The molecule has 0 radical (unpaired) electrons. The van der Waals surface area contributed by atoms with Gasteiger partial charge in [-0.3, -0.25) is 4.79 Å². The number of carboxylic acids is 1. The van der Waals surface area contributed by atoms with Crippen molar-refractivity contribution in [1.82, 2.24) is 5.32 Å². The highest BCUT2D eigenvalue weighted by Gasteiger charge is 2.21. The summed E-state index contributed by atoms with van der Waals surface area (Å²) in [6, 6.07) is 30.3. The molecular weight excluding hydrogens is 534 g/mol. The summed E-state index contributed by atoms with van der Waals surface area (Å²) in [5.41, 5.74) is 3.19. The van der Waals surface area contributed by atoms with Crippen molar-refractivity contribution in [3.63, 3.8) is 0 Å². The van der Waals surface area contributed by atoms with Gasteiger partial charge < -0.3 is 19.9 Å². The third-order valence-electron chi connectivity index (χ3n) is 5.68. The minimum Gasteiger partial charge on any atom is -0.489 e. The predicted octanol–water partition coefficient (Wildman–Crippen LogP) is 6.03. The van der Waals surface area contributed by atoms with Crippen molar-refractivity contribution in [2.75, 3.05) is 0 Å². The smallest absolute Gasteiger partial charge is 0.326 e. The SMILES string of the molecule is O=C(NC(Cc1ccc(OCc2ccccc2)cc1)C(=O)O)c1ccc(OCc2ccccc2Br)cc1. The summed E-state index contributed by atoms with van der Waals surface area (Å²) >= 11 is 3.49. The number of nitrogens with one attached hydrogen (secondary N) is 1. The van der Waals surface area contributed by atoms with E-state index in [4.69, 9.17) is 9.47 Å². The van der Waals surface area contributed by atoms with Gasteiger partial charge in [-0.1, -0.05) is 76.6 Å². The molecule has 37 heavy (non-hydrogen) atoms. The highest BCUT2D eigenvalue weighted by atomic mass is 79.9. The molecule has 1 unspecified atom stereocenters. The van der Waals surface area contributed by atoms with Crippen LogP contribution in [0.15, 0.2) is 108 Å². The number of hydrogen-bond acceptors (Lipinski definition) is 4. The average Bonchev–Trinajstić information content (AvgIpc) is 2.92. The fourth-order valence-corrected chi connectivity index (χ4v) is 4.02. The summed E-state index contributed by atoms with van der Waals surface area (Å²) in [7, 11) is 0.